The first-order valence-electron chi connectivity index (χ1n) is 22.2. The fourth-order valence-electron chi connectivity index (χ4n) is 9.15. The van der Waals surface area contributed by atoms with Crippen LogP contribution in [0.2, 0.25) is 0 Å². The fourth-order valence-corrected chi connectivity index (χ4v) is 9.15. The van der Waals surface area contributed by atoms with Gasteiger partial charge in [0.15, 0.2) is 11.1 Å². The number of methoxy groups -OCH3 is 4. The largest absolute Gasteiger partial charge is 0.496 e. The van der Waals surface area contributed by atoms with Crippen molar-refractivity contribution in [2.24, 2.45) is 0 Å². The van der Waals surface area contributed by atoms with Crippen molar-refractivity contribution in [3.63, 3.8) is 0 Å². The number of hydrogen-bond donors (Lipinski definition) is 0. The van der Waals surface area contributed by atoms with Gasteiger partial charge < -0.3 is 18.9 Å². The number of likely N-dealkylation sites (tertiary alicyclic amines) is 2. The molecule has 0 unspecified atom stereocenters. The molecule has 0 spiro atoms. The van der Waals surface area contributed by atoms with Gasteiger partial charge in [-0.05, 0) is 12.1 Å². The average molecular weight is 941 g/mol. The SMILES string of the molecule is COC(=O)C1(N(OCc2ccccc2OC)C(C)=O)CC[N+](Cc2ccccc2)(OC(=O)C(=O)O[N+]2(Cc3ccccc3)CCC(C(=O)OC)(N(OCc3ccccc3OC)C(C)=O)CC2)CC1. The third kappa shape index (κ3) is 11.3. The zero-order valence-corrected chi connectivity index (χ0v) is 39.4. The van der Waals surface area contributed by atoms with Crippen LogP contribution in [0.5, 0.6) is 11.5 Å². The number of quaternary nitrogens is 2. The van der Waals surface area contributed by atoms with E-state index in [9.17, 15) is 28.8 Å². The van der Waals surface area contributed by atoms with Crippen LogP contribution < -0.4 is 9.47 Å². The van der Waals surface area contributed by atoms with Crippen LogP contribution in [0.25, 0.3) is 0 Å². The molecule has 2 heterocycles. The van der Waals surface area contributed by atoms with Gasteiger partial charge in [-0.3, -0.25) is 28.9 Å². The van der Waals surface area contributed by atoms with Gasteiger partial charge in [-0.2, -0.15) is 0 Å². The summed E-state index contributed by atoms with van der Waals surface area (Å²) in [4.78, 5) is 107. The van der Waals surface area contributed by atoms with Gasteiger partial charge in [0, 0.05) is 61.8 Å². The number of benzene rings is 4. The first kappa shape index (κ1) is 50.6. The van der Waals surface area contributed by atoms with Crippen molar-refractivity contribution >= 4 is 35.7 Å². The van der Waals surface area contributed by atoms with E-state index in [1.54, 1.807) is 48.5 Å². The summed E-state index contributed by atoms with van der Waals surface area (Å²) in [5.41, 5.74) is -0.483. The van der Waals surface area contributed by atoms with Crippen molar-refractivity contribution < 1.29 is 76.4 Å². The van der Waals surface area contributed by atoms with Gasteiger partial charge in [-0.1, -0.05) is 97.1 Å². The van der Waals surface area contributed by atoms with Crippen LogP contribution >= 0.6 is 0 Å². The van der Waals surface area contributed by atoms with E-state index in [4.69, 9.17) is 38.3 Å². The number of amides is 2. The maximum absolute atomic E-state index is 14.3. The molecule has 4 aromatic carbocycles. The molecule has 2 aliphatic rings. The van der Waals surface area contributed by atoms with Crippen LogP contribution in [0.4, 0.5) is 0 Å². The van der Waals surface area contributed by atoms with E-state index in [0.717, 1.165) is 21.3 Å². The van der Waals surface area contributed by atoms with Crippen molar-refractivity contribution in [3.8, 4) is 11.5 Å². The summed E-state index contributed by atoms with van der Waals surface area (Å²) < 4.78 is 20.6. The normalized spacial score (nSPS) is 22.1. The first-order valence-corrected chi connectivity index (χ1v) is 22.2. The van der Waals surface area contributed by atoms with Crippen molar-refractivity contribution in [1.82, 2.24) is 10.1 Å². The highest BCUT2D eigenvalue weighted by Gasteiger charge is 2.59. The van der Waals surface area contributed by atoms with E-state index in [1.165, 1.54) is 42.3 Å². The minimum atomic E-state index is -1.64. The number of carbonyl (C=O) groups excluding carboxylic acids is 6. The van der Waals surface area contributed by atoms with E-state index in [2.05, 4.69) is 0 Å². The summed E-state index contributed by atoms with van der Waals surface area (Å²) in [6.45, 7) is 2.33. The third-order valence-electron chi connectivity index (χ3n) is 12.6. The second-order valence-corrected chi connectivity index (χ2v) is 16.9. The lowest BCUT2D eigenvalue weighted by Crippen LogP contribution is -2.67. The van der Waals surface area contributed by atoms with Gasteiger partial charge >= 0.3 is 23.9 Å². The zero-order valence-electron chi connectivity index (χ0n) is 39.4. The Labute approximate surface area is 395 Å². The quantitative estimate of drug-likeness (QED) is 0.0541. The summed E-state index contributed by atoms with van der Waals surface area (Å²) in [5, 5.41) is 2.05. The van der Waals surface area contributed by atoms with Crippen LogP contribution in [0.3, 0.4) is 0 Å². The maximum Gasteiger partial charge on any atom is 0.480 e. The number of carbonyl (C=O) groups is 6. The second-order valence-electron chi connectivity index (χ2n) is 16.9. The number of para-hydroxylation sites is 2. The van der Waals surface area contributed by atoms with Crippen LogP contribution in [0.15, 0.2) is 109 Å². The Morgan fingerprint density at radius 1 is 0.485 bits per heavy atom. The molecular formula is C50H60N4O14+2. The average Bonchev–Trinajstić information content (AvgIpc) is 3.35. The molecule has 0 radical (unpaired) electrons. The van der Waals surface area contributed by atoms with E-state index in [1.807, 2.05) is 60.7 Å². The molecule has 2 amide bonds. The number of hydroxylamine groups is 10. The Morgan fingerprint density at radius 3 is 1.12 bits per heavy atom. The highest BCUT2D eigenvalue weighted by Crippen LogP contribution is 2.39. The molecule has 0 aliphatic carbocycles. The minimum Gasteiger partial charge on any atom is -0.496 e. The smallest absolute Gasteiger partial charge is 0.480 e. The zero-order chi connectivity index (χ0) is 49.0. The van der Waals surface area contributed by atoms with Crippen molar-refractivity contribution in [2.45, 2.75) is 76.9 Å². The van der Waals surface area contributed by atoms with Gasteiger partial charge in [-0.15, -0.1) is 9.29 Å². The van der Waals surface area contributed by atoms with Crippen LogP contribution in [-0.2, 0) is 83.9 Å². The molecular weight excluding hydrogens is 881 g/mol. The molecule has 18 heteroatoms. The summed E-state index contributed by atoms with van der Waals surface area (Å²) in [6, 6.07) is 32.6. The Bertz CT molecular complexity index is 2230. The van der Waals surface area contributed by atoms with Crippen molar-refractivity contribution in [1.29, 1.82) is 0 Å². The van der Waals surface area contributed by atoms with Gasteiger partial charge in [0.2, 0.25) is 11.8 Å². The third-order valence-corrected chi connectivity index (χ3v) is 12.6. The molecule has 2 fully saturated rings. The summed E-state index contributed by atoms with van der Waals surface area (Å²) >= 11 is 0. The molecule has 2 saturated heterocycles. The molecule has 4 aromatic rings. The molecule has 0 bridgehead atoms. The van der Waals surface area contributed by atoms with Crippen molar-refractivity contribution in [3.05, 3.63) is 131 Å². The summed E-state index contributed by atoms with van der Waals surface area (Å²) in [6.07, 6.45) is -0.350. The Kier molecular flexibility index (Phi) is 16.6. The Balaban J connectivity index is 1.26. The lowest BCUT2D eigenvalue weighted by atomic mass is 9.86. The molecule has 18 nitrogen and oxygen atoms in total. The van der Waals surface area contributed by atoms with Gasteiger partial charge in [0.05, 0.1) is 28.4 Å². The van der Waals surface area contributed by atoms with Crippen LogP contribution in [-0.4, -0.2) is 121 Å². The molecule has 0 saturated carbocycles. The minimum absolute atomic E-state index is 0.0494. The highest BCUT2D eigenvalue weighted by atomic mass is 16.8. The number of rotatable bonds is 18. The van der Waals surface area contributed by atoms with Gasteiger partial charge in [0.1, 0.15) is 64.0 Å². The van der Waals surface area contributed by atoms with E-state index < -0.39 is 56.1 Å². The van der Waals surface area contributed by atoms with E-state index in [0.29, 0.717) is 22.6 Å². The summed E-state index contributed by atoms with van der Waals surface area (Å²) in [7, 11) is 5.46. The topological polar surface area (TPSA) is 183 Å². The number of hydrogen-bond acceptors (Lipinski definition) is 14. The van der Waals surface area contributed by atoms with Crippen LogP contribution in [0.1, 0.15) is 61.8 Å². The van der Waals surface area contributed by atoms with Gasteiger partial charge in [0.25, 0.3) is 0 Å². The predicted octanol–water partition coefficient (Wildman–Crippen LogP) is 5.33. The monoisotopic (exact) mass is 940 g/mol. The summed E-state index contributed by atoms with van der Waals surface area (Å²) in [5.74, 6) is -4.14. The van der Waals surface area contributed by atoms with Crippen molar-refractivity contribution in [2.75, 3.05) is 54.6 Å². The number of esters is 2. The lowest BCUT2D eigenvalue weighted by Gasteiger charge is -2.47. The molecule has 0 N–H and O–H groups in total. The second kappa shape index (κ2) is 22.3. The fraction of sp³-hybridized carbons (Fsp3) is 0.400. The molecule has 362 valence electrons. The molecule has 0 atom stereocenters. The standard InChI is InChI=1S/C50H60N4O14/c1-37(55)51(65-35-41-21-13-15-23-43(41)61-3)49(47(59)63-5)25-29-53(30-26-49,33-39-17-9-7-10-18-39)67-45(57)46(58)68-54(34-40-19-11-8-12-20-40)31-27-50(28-32-54,48(60)64-6)52(38(2)56)66-36-42-22-14-16-24-44(42)62-4/h7-24H,25-36H2,1-6H3/q+2. The molecule has 2 aliphatic heterocycles. The molecule has 6 rings (SSSR count). The van der Waals surface area contributed by atoms with E-state index in [-0.39, 0.29) is 78.2 Å². The first-order chi connectivity index (χ1) is 32.7. The maximum atomic E-state index is 14.3. The number of nitrogens with zero attached hydrogens (tertiary/aromatic N) is 4. The van der Waals surface area contributed by atoms with Gasteiger partial charge in [-0.25, -0.2) is 29.3 Å². The van der Waals surface area contributed by atoms with E-state index >= 15 is 0 Å². The predicted molar refractivity (Wildman–Crippen MR) is 241 cm³/mol. The molecule has 68 heavy (non-hydrogen) atoms. The Morgan fingerprint density at radius 2 is 0.809 bits per heavy atom. The number of ether oxygens (including phenoxy) is 4. The molecule has 0 aromatic heterocycles. The highest BCUT2D eigenvalue weighted by molar-refractivity contribution is 6.29. The number of piperidine rings is 2. The Hall–Kier alpha value is -6.86. The van der Waals surface area contributed by atoms with Crippen LogP contribution in [0, 0.1) is 0 Å². The lowest BCUT2D eigenvalue weighted by molar-refractivity contribution is -1.11.